The molecule has 17 heavy (non-hydrogen) atoms. The molecule has 0 aromatic carbocycles. The zero-order chi connectivity index (χ0) is 14.2. The molecule has 0 saturated carbocycles. The average Bonchev–Trinajstić information content (AvgIpc) is 2.15. The van der Waals surface area contributed by atoms with Crippen molar-refractivity contribution < 1.29 is 41.0 Å². The van der Waals surface area contributed by atoms with E-state index in [-0.39, 0.29) is 0 Å². The maximum Gasteiger partial charge on any atom is 0.411 e. The summed E-state index contributed by atoms with van der Waals surface area (Å²) in [7, 11) is 0. The predicted molar refractivity (Wildman–Crippen MR) is 42.3 cm³/mol. The Morgan fingerprint density at radius 3 is 1.53 bits per heavy atom. The quantitative estimate of drug-likeness (QED) is 0.776. The van der Waals surface area contributed by atoms with Crippen molar-refractivity contribution in [3.05, 3.63) is 0 Å². The predicted octanol–water partition coefficient (Wildman–Crippen LogP) is 2.20. The SMILES string of the molecule is CC(C)C(=O)C(F)(F)C(F)(F)C(F)(F)C(=O)O. The van der Waals surface area contributed by atoms with Crippen LogP contribution in [0.15, 0.2) is 0 Å². The summed E-state index contributed by atoms with van der Waals surface area (Å²) in [6, 6.07) is 0. The number of halogens is 6. The van der Waals surface area contributed by atoms with Gasteiger partial charge in [-0.1, -0.05) is 13.8 Å². The van der Waals surface area contributed by atoms with Crippen molar-refractivity contribution in [1.82, 2.24) is 0 Å². The molecule has 0 amide bonds. The van der Waals surface area contributed by atoms with Crippen molar-refractivity contribution in [2.45, 2.75) is 31.6 Å². The van der Waals surface area contributed by atoms with E-state index in [2.05, 4.69) is 0 Å². The first-order valence-electron chi connectivity index (χ1n) is 4.21. The molecule has 100 valence electrons. The van der Waals surface area contributed by atoms with E-state index in [4.69, 9.17) is 5.11 Å². The van der Waals surface area contributed by atoms with Gasteiger partial charge >= 0.3 is 23.7 Å². The van der Waals surface area contributed by atoms with Crippen molar-refractivity contribution >= 4 is 11.8 Å². The number of carboxylic acid groups (broad SMARTS) is 1. The van der Waals surface area contributed by atoms with Gasteiger partial charge in [0, 0.05) is 5.92 Å². The van der Waals surface area contributed by atoms with Crippen molar-refractivity contribution in [1.29, 1.82) is 0 Å². The topological polar surface area (TPSA) is 54.4 Å². The first kappa shape index (κ1) is 15.7. The third-order valence-electron chi connectivity index (χ3n) is 1.89. The molecule has 0 fully saturated rings. The van der Waals surface area contributed by atoms with Gasteiger partial charge in [0.15, 0.2) is 0 Å². The number of hydrogen-bond acceptors (Lipinski definition) is 2. The second-order valence-electron chi connectivity index (χ2n) is 3.55. The summed E-state index contributed by atoms with van der Waals surface area (Å²) in [5.74, 6) is -25.6. The number of carbonyl (C=O) groups is 2. The van der Waals surface area contributed by atoms with Gasteiger partial charge in [-0.25, -0.2) is 4.79 Å². The highest BCUT2D eigenvalue weighted by molar-refractivity contribution is 5.90. The summed E-state index contributed by atoms with van der Waals surface area (Å²) in [5, 5.41) is 7.79. The van der Waals surface area contributed by atoms with E-state index < -0.39 is 35.4 Å². The Morgan fingerprint density at radius 1 is 0.941 bits per heavy atom. The van der Waals surface area contributed by atoms with Crippen molar-refractivity contribution in [2.24, 2.45) is 5.92 Å². The minimum Gasteiger partial charge on any atom is -0.477 e. The zero-order valence-electron chi connectivity index (χ0n) is 8.61. The Balaban J connectivity index is 5.60. The van der Waals surface area contributed by atoms with E-state index in [1.54, 1.807) is 0 Å². The lowest BCUT2D eigenvalue weighted by molar-refractivity contribution is -0.293. The number of carboxylic acids is 1. The van der Waals surface area contributed by atoms with Gasteiger partial charge in [-0.15, -0.1) is 0 Å². The minimum atomic E-state index is -6.30. The second-order valence-corrected chi connectivity index (χ2v) is 3.55. The Hall–Kier alpha value is -1.28. The Kier molecular flexibility index (Phi) is 3.87. The molecule has 0 rings (SSSR count). The van der Waals surface area contributed by atoms with E-state index in [1.165, 1.54) is 0 Å². The maximum absolute atomic E-state index is 12.9. The Bertz CT molecular complexity index is 336. The fourth-order valence-corrected chi connectivity index (χ4v) is 0.849. The van der Waals surface area contributed by atoms with Crippen molar-refractivity contribution in [2.75, 3.05) is 0 Å². The molecule has 0 unspecified atom stereocenters. The summed E-state index contributed by atoms with van der Waals surface area (Å²) in [6.45, 7) is 1.59. The standard InChI is InChI=1S/C8H8F6O3/c1-3(2)4(15)6(9,10)8(13,14)7(11,12)5(16)17/h3H,1-2H3,(H,16,17). The van der Waals surface area contributed by atoms with Gasteiger partial charge in [0.05, 0.1) is 0 Å². The second kappa shape index (κ2) is 4.19. The summed E-state index contributed by atoms with van der Waals surface area (Å²) < 4.78 is 76.1. The van der Waals surface area contributed by atoms with Gasteiger partial charge < -0.3 is 5.11 Å². The lowest BCUT2D eigenvalue weighted by Gasteiger charge is -2.30. The van der Waals surface area contributed by atoms with Crippen LogP contribution in [0.2, 0.25) is 0 Å². The van der Waals surface area contributed by atoms with Gasteiger partial charge in [0.25, 0.3) is 0 Å². The van der Waals surface area contributed by atoms with E-state index in [0.29, 0.717) is 0 Å². The van der Waals surface area contributed by atoms with Crippen LogP contribution in [0, 0.1) is 5.92 Å². The first-order valence-corrected chi connectivity index (χ1v) is 4.21. The molecule has 0 bridgehead atoms. The van der Waals surface area contributed by atoms with Gasteiger partial charge in [-0.3, -0.25) is 4.79 Å². The summed E-state index contributed by atoms with van der Waals surface area (Å²) in [5.41, 5.74) is 0. The number of rotatable bonds is 5. The smallest absolute Gasteiger partial charge is 0.411 e. The molecule has 0 heterocycles. The highest BCUT2D eigenvalue weighted by atomic mass is 19.3. The van der Waals surface area contributed by atoms with Crippen LogP contribution in [0.25, 0.3) is 0 Å². The monoisotopic (exact) mass is 266 g/mol. The molecule has 0 spiro atoms. The number of ketones is 1. The molecule has 0 aliphatic carbocycles. The molecule has 0 saturated heterocycles. The Morgan fingerprint density at radius 2 is 1.29 bits per heavy atom. The van der Waals surface area contributed by atoms with Crippen LogP contribution in [0.3, 0.4) is 0 Å². The molecule has 0 aliphatic rings. The molecule has 0 atom stereocenters. The van der Waals surface area contributed by atoms with Gasteiger partial charge in [0.1, 0.15) is 0 Å². The van der Waals surface area contributed by atoms with Crippen LogP contribution in [0.5, 0.6) is 0 Å². The molecular formula is C8H8F6O3. The first-order chi connectivity index (χ1) is 7.30. The van der Waals surface area contributed by atoms with E-state index in [0.717, 1.165) is 13.8 Å². The third-order valence-corrected chi connectivity index (χ3v) is 1.89. The molecule has 0 aromatic rings. The fourth-order valence-electron chi connectivity index (χ4n) is 0.849. The lowest BCUT2D eigenvalue weighted by atomic mass is 9.94. The van der Waals surface area contributed by atoms with Crippen LogP contribution < -0.4 is 0 Å². The highest BCUT2D eigenvalue weighted by Gasteiger charge is 2.78. The summed E-state index contributed by atoms with van der Waals surface area (Å²) >= 11 is 0. The Labute approximate surface area is 91.4 Å². The number of hydrogen-bond donors (Lipinski definition) is 1. The molecule has 0 radical (unpaired) electrons. The third kappa shape index (κ3) is 2.22. The molecule has 1 N–H and O–H groups in total. The summed E-state index contributed by atoms with van der Waals surface area (Å²) in [6.07, 6.45) is 0. The van der Waals surface area contributed by atoms with Gasteiger partial charge in [-0.05, 0) is 0 Å². The van der Waals surface area contributed by atoms with Crippen molar-refractivity contribution in [3.63, 3.8) is 0 Å². The van der Waals surface area contributed by atoms with E-state index >= 15 is 0 Å². The van der Waals surface area contributed by atoms with E-state index in [9.17, 15) is 35.9 Å². The molecule has 3 nitrogen and oxygen atoms in total. The molecule has 0 aliphatic heterocycles. The van der Waals surface area contributed by atoms with Crippen LogP contribution in [-0.4, -0.2) is 34.6 Å². The van der Waals surface area contributed by atoms with Crippen molar-refractivity contribution in [3.8, 4) is 0 Å². The number of aliphatic carboxylic acids is 1. The minimum absolute atomic E-state index is 0.797. The molecule has 0 aromatic heterocycles. The molecular weight excluding hydrogens is 258 g/mol. The van der Waals surface area contributed by atoms with Crippen LogP contribution in [0.1, 0.15) is 13.8 Å². The highest BCUT2D eigenvalue weighted by Crippen LogP contribution is 2.47. The maximum atomic E-state index is 12.9. The summed E-state index contributed by atoms with van der Waals surface area (Å²) in [4.78, 5) is 20.6. The van der Waals surface area contributed by atoms with Gasteiger partial charge in [-0.2, -0.15) is 26.3 Å². The van der Waals surface area contributed by atoms with Crippen LogP contribution in [-0.2, 0) is 9.59 Å². The lowest BCUT2D eigenvalue weighted by Crippen LogP contribution is -2.61. The van der Waals surface area contributed by atoms with Gasteiger partial charge in [0.2, 0.25) is 5.78 Å². The normalized spacial score (nSPS) is 13.9. The number of Topliss-reactive ketones (excluding diaryl/α,β-unsaturated/α-hetero) is 1. The fraction of sp³-hybridized carbons (Fsp3) is 0.750. The number of alkyl halides is 6. The largest absolute Gasteiger partial charge is 0.477 e. The van der Waals surface area contributed by atoms with Crippen LogP contribution >= 0.6 is 0 Å². The zero-order valence-corrected chi connectivity index (χ0v) is 8.61. The van der Waals surface area contributed by atoms with E-state index in [1.807, 2.05) is 0 Å². The average molecular weight is 266 g/mol. The van der Waals surface area contributed by atoms with Crippen LogP contribution in [0.4, 0.5) is 26.3 Å². The number of carbonyl (C=O) groups excluding carboxylic acids is 1. The molecule has 9 heteroatoms.